The molecular weight excluding hydrogens is 452 g/mol. The Bertz CT molecular complexity index is 587. The van der Waals surface area contributed by atoms with Crippen LogP contribution in [0.3, 0.4) is 0 Å². The van der Waals surface area contributed by atoms with Gasteiger partial charge < -0.3 is 9.47 Å². The molecule has 0 saturated carbocycles. The van der Waals surface area contributed by atoms with Crippen molar-refractivity contribution in [1.29, 1.82) is 0 Å². The second-order valence-electron chi connectivity index (χ2n) is 4.19. The Balaban J connectivity index is 2.85. The van der Waals surface area contributed by atoms with Gasteiger partial charge in [-0.05, 0) is 40.3 Å². The van der Waals surface area contributed by atoms with Crippen LogP contribution in [-0.4, -0.2) is 31.1 Å². The highest BCUT2D eigenvalue weighted by Gasteiger charge is 2.77. The molecule has 0 heterocycles. The van der Waals surface area contributed by atoms with Crippen LogP contribution in [0.5, 0.6) is 5.75 Å². The fraction of sp³-hybridized carbons (Fsp3) is 0.417. The summed E-state index contributed by atoms with van der Waals surface area (Å²) < 4.78 is 96.5. The predicted molar refractivity (Wildman–Crippen MR) is 71.5 cm³/mol. The van der Waals surface area contributed by atoms with Crippen molar-refractivity contribution in [3.8, 4) is 5.75 Å². The molecule has 130 valence electrons. The van der Waals surface area contributed by atoms with Gasteiger partial charge in [0.1, 0.15) is 12.4 Å². The van der Waals surface area contributed by atoms with E-state index in [0.717, 1.165) is 0 Å². The van der Waals surface area contributed by atoms with Gasteiger partial charge in [-0.1, -0.05) is 6.07 Å². The lowest BCUT2D eigenvalue weighted by Gasteiger charge is -2.26. The standard InChI is InChI=1S/C12H8F7IO3/c1-22-8-3-2-6(4-7(8)20)5-23-9(21)10(13,14)11(15,16)12(17,18)19/h2-4H,5H2,1H3. The van der Waals surface area contributed by atoms with E-state index in [1.807, 2.05) is 0 Å². The average Bonchev–Trinajstić information content (AvgIpc) is 2.43. The van der Waals surface area contributed by atoms with Gasteiger partial charge in [0.15, 0.2) is 0 Å². The minimum atomic E-state index is -6.59. The minimum absolute atomic E-state index is 0.106. The van der Waals surface area contributed by atoms with Crippen LogP contribution in [-0.2, 0) is 16.1 Å². The zero-order chi connectivity index (χ0) is 18.1. The first-order chi connectivity index (χ1) is 10.3. The molecule has 0 aliphatic heterocycles. The van der Waals surface area contributed by atoms with E-state index in [-0.39, 0.29) is 5.56 Å². The maximum Gasteiger partial charge on any atom is 0.460 e. The van der Waals surface area contributed by atoms with E-state index in [9.17, 15) is 35.5 Å². The zero-order valence-corrected chi connectivity index (χ0v) is 13.3. The largest absolute Gasteiger partial charge is 0.496 e. The number of benzene rings is 1. The molecule has 1 rings (SSSR count). The SMILES string of the molecule is COc1ccc(COC(=O)C(F)(F)C(F)(F)C(F)(F)F)cc1I. The molecule has 1 aromatic rings. The minimum Gasteiger partial charge on any atom is -0.496 e. The average molecular weight is 460 g/mol. The van der Waals surface area contributed by atoms with E-state index in [4.69, 9.17) is 4.74 Å². The summed E-state index contributed by atoms with van der Waals surface area (Å²) in [5, 5.41) is 0. The second-order valence-corrected chi connectivity index (χ2v) is 5.35. The molecule has 0 saturated heterocycles. The Labute approximate surface area is 138 Å². The van der Waals surface area contributed by atoms with E-state index >= 15 is 0 Å². The molecule has 0 fully saturated rings. The summed E-state index contributed by atoms with van der Waals surface area (Å²) in [4.78, 5) is 11.0. The van der Waals surface area contributed by atoms with Gasteiger partial charge in [0, 0.05) is 0 Å². The Morgan fingerprint density at radius 3 is 2.13 bits per heavy atom. The first kappa shape index (κ1) is 19.8. The summed E-state index contributed by atoms with van der Waals surface area (Å²) in [6.07, 6.45) is -6.59. The van der Waals surface area contributed by atoms with Gasteiger partial charge in [0.05, 0.1) is 10.7 Å². The molecule has 0 radical (unpaired) electrons. The fourth-order valence-corrected chi connectivity index (χ4v) is 2.15. The van der Waals surface area contributed by atoms with Crippen LogP contribution >= 0.6 is 22.6 Å². The van der Waals surface area contributed by atoms with Gasteiger partial charge in [-0.3, -0.25) is 0 Å². The van der Waals surface area contributed by atoms with Gasteiger partial charge in [0.2, 0.25) is 0 Å². The molecule has 0 bridgehead atoms. The van der Waals surface area contributed by atoms with Gasteiger partial charge in [0.25, 0.3) is 0 Å². The number of carbonyl (C=O) groups excluding carboxylic acids is 1. The fourth-order valence-electron chi connectivity index (χ4n) is 1.35. The van der Waals surface area contributed by atoms with Crippen molar-refractivity contribution in [2.45, 2.75) is 24.6 Å². The quantitative estimate of drug-likeness (QED) is 0.376. The van der Waals surface area contributed by atoms with Crippen molar-refractivity contribution in [1.82, 2.24) is 0 Å². The molecule has 0 spiro atoms. The first-order valence-electron chi connectivity index (χ1n) is 5.66. The number of ether oxygens (including phenoxy) is 2. The topological polar surface area (TPSA) is 35.5 Å². The summed E-state index contributed by atoms with van der Waals surface area (Å²) in [7, 11) is 1.36. The van der Waals surface area contributed by atoms with Crippen LogP contribution < -0.4 is 4.74 Å². The van der Waals surface area contributed by atoms with Crippen molar-refractivity contribution in [2.24, 2.45) is 0 Å². The Kier molecular flexibility index (Phi) is 5.75. The molecule has 1 aromatic carbocycles. The molecule has 0 aromatic heterocycles. The third-order valence-electron chi connectivity index (χ3n) is 2.59. The molecule has 0 N–H and O–H groups in total. The molecule has 23 heavy (non-hydrogen) atoms. The highest BCUT2D eigenvalue weighted by Crippen LogP contribution is 2.47. The van der Waals surface area contributed by atoms with Crippen LogP contribution in [0.4, 0.5) is 30.7 Å². The third-order valence-corrected chi connectivity index (χ3v) is 3.44. The molecule has 0 atom stereocenters. The van der Waals surface area contributed by atoms with E-state index in [0.29, 0.717) is 9.32 Å². The maximum atomic E-state index is 13.0. The van der Waals surface area contributed by atoms with Crippen LogP contribution in [0.1, 0.15) is 5.56 Å². The summed E-state index contributed by atoms with van der Waals surface area (Å²) in [5.74, 6) is -15.1. The van der Waals surface area contributed by atoms with E-state index < -0.39 is 30.6 Å². The summed E-state index contributed by atoms with van der Waals surface area (Å²) in [6, 6.07) is 3.98. The van der Waals surface area contributed by atoms with Crippen molar-refractivity contribution < 1.29 is 45.0 Å². The van der Waals surface area contributed by atoms with Gasteiger partial charge in [-0.25, -0.2) is 4.79 Å². The van der Waals surface area contributed by atoms with E-state index in [1.54, 1.807) is 22.6 Å². The number of methoxy groups -OCH3 is 1. The number of halogens is 8. The zero-order valence-electron chi connectivity index (χ0n) is 11.2. The molecule has 11 heteroatoms. The highest BCUT2D eigenvalue weighted by atomic mass is 127. The molecule has 0 unspecified atom stereocenters. The van der Waals surface area contributed by atoms with Crippen LogP contribution in [0.15, 0.2) is 18.2 Å². The van der Waals surface area contributed by atoms with Crippen molar-refractivity contribution in [3.63, 3.8) is 0 Å². The molecule has 0 aliphatic carbocycles. The number of hydrogen-bond donors (Lipinski definition) is 0. The Morgan fingerprint density at radius 2 is 1.70 bits per heavy atom. The van der Waals surface area contributed by atoms with Crippen LogP contribution in [0, 0.1) is 3.57 Å². The maximum absolute atomic E-state index is 13.0. The molecule has 0 amide bonds. The lowest BCUT2D eigenvalue weighted by Crippen LogP contribution is -2.56. The van der Waals surface area contributed by atoms with Gasteiger partial charge in [-0.15, -0.1) is 0 Å². The molecule has 0 aliphatic rings. The van der Waals surface area contributed by atoms with E-state index in [1.165, 1.54) is 25.3 Å². The lowest BCUT2D eigenvalue weighted by atomic mass is 10.1. The summed E-state index contributed by atoms with van der Waals surface area (Å²) in [6.45, 7) is -0.900. The Hall–Kier alpha value is -1.27. The summed E-state index contributed by atoms with van der Waals surface area (Å²) >= 11 is 1.80. The van der Waals surface area contributed by atoms with Crippen molar-refractivity contribution >= 4 is 28.6 Å². The molecule has 3 nitrogen and oxygen atoms in total. The second kappa shape index (κ2) is 6.69. The van der Waals surface area contributed by atoms with Crippen molar-refractivity contribution in [3.05, 3.63) is 27.3 Å². The van der Waals surface area contributed by atoms with Gasteiger partial charge >= 0.3 is 24.0 Å². The van der Waals surface area contributed by atoms with Crippen molar-refractivity contribution in [2.75, 3.05) is 7.11 Å². The number of carbonyl (C=O) groups is 1. The van der Waals surface area contributed by atoms with Crippen LogP contribution in [0.2, 0.25) is 0 Å². The number of esters is 1. The number of hydrogen-bond acceptors (Lipinski definition) is 3. The van der Waals surface area contributed by atoms with Gasteiger partial charge in [-0.2, -0.15) is 30.7 Å². The first-order valence-corrected chi connectivity index (χ1v) is 6.74. The van der Waals surface area contributed by atoms with E-state index in [2.05, 4.69) is 4.74 Å². The number of rotatable bonds is 5. The van der Waals surface area contributed by atoms with Crippen LogP contribution in [0.25, 0.3) is 0 Å². The third kappa shape index (κ3) is 3.98. The smallest absolute Gasteiger partial charge is 0.460 e. The highest BCUT2D eigenvalue weighted by molar-refractivity contribution is 14.1. The predicted octanol–water partition coefficient (Wildman–Crippen LogP) is 4.18. The monoisotopic (exact) mass is 460 g/mol. The normalized spacial score (nSPS) is 12.9. The lowest BCUT2D eigenvalue weighted by molar-refractivity contribution is -0.348. The molecular formula is C12H8F7IO3. The number of alkyl halides is 7. The Morgan fingerprint density at radius 1 is 1.13 bits per heavy atom. The summed E-state index contributed by atoms with van der Waals surface area (Å²) in [5.41, 5.74) is 0.106.